The molecule has 1 atom stereocenters. The molecule has 0 spiro atoms. The van der Waals surface area contributed by atoms with Gasteiger partial charge in [0.1, 0.15) is 5.82 Å². The van der Waals surface area contributed by atoms with Crippen LogP contribution in [0.3, 0.4) is 0 Å². The van der Waals surface area contributed by atoms with E-state index in [0.717, 1.165) is 38.8 Å². The van der Waals surface area contributed by atoms with Crippen LogP contribution in [0.4, 0.5) is 5.82 Å². The van der Waals surface area contributed by atoms with Crippen molar-refractivity contribution in [1.29, 1.82) is 0 Å². The number of carbonyl (C=O) groups is 1. The van der Waals surface area contributed by atoms with Gasteiger partial charge in [-0.05, 0) is 25.8 Å². The van der Waals surface area contributed by atoms with E-state index in [0.29, 0.717) is 5.82 Å². The maximum absolute atomic E-state index is 12.4. The van der Waals surface area contributed by atoms with E-state index in [1.807, 2.05) is 0 Å². The zero-order valence-electron chi connectivity index (χ0n) is 10.3. The van der Waals surface area contributed by atoms with Crippen molar-refractivity contribution in [2.75, 3.05) is 18.4 Å². The van der Waals surface area contributed by atoms with E-state index < -0.39 is 0 Å². The number of aromatic amines is 1. The van der Waals surface area contributed by atoms with Crippen LogP contribution >= 0.6 is 0 Å². The Bertz CT molecular complexity index is 349. The van der Waals surface area contributed by atoms with Crippen LogP contribution in [0.1, 0.15) is 32.6 Å². The van der Waals surface area contributed by atoms with E-state index in [1.165, 1.54) is 0 Å². The summed E-state index contributed by atoms with van der Waals surface area (Å²) < 4.78 is 0. The minimum absolute atomic E-state index is 0.107. The van der Waals surface area contributed by atoms with Crippen molar-refractivity contribution in [2.24, 2.45) is 5.41 Å². The van der Waals surface area contributed by atoms with Crippen LogP contribution in [-0.4, -0.2) is 29.2 Å². The largest absolute Gasteiger partial charge is 0.316 e. The Morgan fingerprint density at radius 2 is 2.53 bits per heavy atom. The molecule has 5 nitrogen and oxygen atoms in total. The smallest absolute Gasteiger partial charge is 0.233 e. The molecule has 2 rings (SSSR count). The molecule has 0 bridgehead atoms. The maximum atomic E-state index is 12.4. The minimum Gasteiger partial charge on any atom is -0.316 e. The minimum atomic E-state index is -0.252. The second-order valence-corrected chi connectivity index (χ2v) is 4.74. The highest BCUT2D eigenvalue weighted by Crippen LogP contribution is 2.32. The lowest BCUT2D eigenvalue weighted by atomic mass is 9.76. The summed E-state index contributed by atoms with van der Waals surface area (Å²) in [6.45, 7) is 3.92. The van der Waals surface area contributed by atoms with E-state index in [4.69, 9.17) is 0 Å². The van der Waals surface area contributed by atoms with E-state index in [-0.39, 0.29) is 11.3 Å². The molecule has 1 aliphatic rings. The second kappa shape index (κ2) is 5.31. The number of H-pyrrole nitrogens is 1. The number of aromatic nitrogens is 2. The van der Waals surface area contributed by atoms with Gasteiger partial charge in [-0.2, -0.15) is 5.10 Å². The Labute approximate surface area is 101 Å². The fourth-order valence-corrected chi connectivity index (χ4v) is 2.55. The molecule has 0 aromatic carbocycles. The van der Waals surface area contributed by atoms with E-state index >= 15 is 0 Å². The number of nitrogens with one attached hydrogen (secondary N) is 3. The summed E-state index contributed by atoms with van der Waals surface area (Å²) in [6.07, 6.45) is 5.63. The van der Waals surface area contributed by atoms with E-state index in [9.17, 15) is 4.79 Å². The number of anilines is 1. The average Bonchev–Trinajstić information content (AvgIpc) is 2.83. The first kappa shape index (κ1) is 12.1. The van der Waals surface area contributed by atoms with Crippen LogP contribution < -0.4 is 10.6 Å². The van der Waals surface area contributed by atoms with Gasteiger partial charge >= 0.3 is 0 Å². The molecule has 1 fully saturated rings. The fraction of sp³-hybridized carbons (Fsp3) is 0.667. The van der Waals surface area contributed by atoms with Gasteiger partial charge in [0, 0.05) is 12.6 Å². The number of nitrogens with zero attached hydrogens (tertiary/aromatic N) is 1. The molecule has 17 heavy (non-hydrogen) atoms. The third-order valence-corrected chi connectivity index (χ3v) is 3.43. The van der Waals surface area contributed by atoms with Crippen molar-refractivity contribution in [1.82, 2.24) is 15.5 Å². The number of hydrogen-bond acceptors (Lipinski definition) is 3. The standard InChI is InChI=1S/C12H20N4O/c1-2-5-12(6-3-7-13-9-12)11(17)15-10-4-8-14-16-10/h4,8,13H,2-3,5-7,9H2,1H3,(H2,14,15,16,17). The molecule has 5 heteroatoms. The molecule has 1 aromatic heterocycles. The lowest BCUT2D eigenvalue weighted by Gasteiger charge is -2.35. The van der Waals surface area contributed by atoms with Crippen LogP contribution in [0.15, 0.2) is 12.3 Å². The van der Waals surface area contributed by atoms with Crippen LogP contribution in [0.5, 0.6) is 0 Å². The van der Waals surface area contributed by atoms with Gasteiger partial charge in [0.15, 0.2) is 0 Å². The zero-order valence-corrected chi connectivity index (χ0v) is 10.3. The Hall–Kier alpha value is -1.36. The molecule has 1 saturated heterocycles. The van der Waals surface area contributed by atoms with Crippen molar-refractivity contribution in [3.8, 4) is 0 Å². The molecule has 3 N–H and O–H groups in total. The third-order valence-electron chi connectivity index (χ3n) is 3.43. The molecular formula is C12H20N4O. The molecule has 0 saturated carbocycles. The van der Waals surface area contributed by atoms with Crippen LogP contribution in [0.2, 0.25) is 0 Å². The van der Waals surface area contributed by atoms with Crippen molar-refractivity contribution in [2.45, 2.75) is 32.6 Å². The highest BCUT2D eigenvalue weighted by atomic mass is 16.2. The molecule has 1 aliphatic heterocycles. The monoisotopic (exact) mass is 236 g/mol. The normalized spacial score (nSPS) is 24.5. The molecule has 1 unspecified atom stereocenters. The first-order valence-corrected chi connectivity index (χ1v) is 6.28. The number of carbonyl (C=O) groups excluding carboxylic acids is 1. The number of hydrogen-bond donors (Lipinski definition) is 3. The number of piperidine rings is 1. The predicted molar refractivity (Wildman–Crippen MR) is 66.7 cm³/mol. The predicted octanol–water partition coefficient (Wildman–Crippen LogP) is 1.52. The quantitative estimate of drug-likeness (QED) is 0.742. The summed E-state index contributed by atoms with van der Waals surface area (Å²) in [5.74, 6) is 0.784. The number of amides is 1. The first-order chi connectivity index (χ1) is 8.27. The van der Waals surface area contributed by atoms with Gasteiger partial charge in [-0.25, -0.2) is 0 Å². The highest BCUT2D eigenvalue weighted by molar-refractivity contribution is 5.94. The maximum Gasteiger partial charge on any atom is 0.233 e. The lowest BCUT2D eigenvalue weighted by Crippen LogP contribution is -2.48. The molecule has 2 heterocycles. The van der Waals surface area contributed by atoms with Crippen LogP contribution in [0.25, 0.3) is 0 Å². The Morgan fingerprint density at radius 1 is 1.65 bits per heavy atom. The van der Waals surface area contributed by atoms with Crippen molar-refractivity contribution in [3.63, 3.8) is 0 Å². The van der Waals surface area contributed by atoms with Gasteiger partial charge in [-0.15, -0.1) is 0 Å². The summed E-state index contributed by atoms with van der Waals surface area (Å²) in [4.78, 5) is 12.4. The third kappa shape index (κ3) is 2.66. The Morgan fingerprint density at radius 3 is 3.12 bits per heavy atom. The van der Waals surface area contributed by atoms with Crippen molar-refractivity contribution >= 4 is 11.7 Å². The fourth-order valence-electron chi connectivity index (χ4n) is 2.55. The Balaban J connectivity index is 2.06. The van der Waals surface area contributed by atoms with E-state index in [2.05, 4.69) is 27.8 Å². The second-order valence-electron chi connectivity index (χ2n) is 4.74. The van der Waals surface area contributed by atoms with Crippen molar-refractivity contribution < 1.29 is 4.79 Å². The number of rotatable bonds is 4. The van der Waals surface area contributed by atoms with Gasteiger partial charge in [-0.1, -0.05) is 13.3 Å². The van der Waals surface area contributed by atoms with Gasteiger partial charge in [0.25, 0.3) is 0 Å². The SMILES string of the molecule is CCCC1(C(=O)Nc2ccn[nH]2)CCCNC1. The van der Waals surface area contributed by atoms with Crippen LogP contribution in [0, 0.1) is 5.41 Å². The molecular weight excluding hydrogens is 216 g/mol. The molecule has 0 aliphatic carbocycles. The molecule has 0 radical (unpaired) electrons. The lowest BCUT2D eigenvalue weighted by molar-refractivity contribution is -0.127. The van der Waals surface area contributed by atoms with Crippen molar-refractivity contribution in [3.05, 3.63) is 12.3 Å². The molecule has 1 aromatic rings. The summed E-state index contributed by atoms with van der Waals surface area (Å²) in [5, 5.41) is 12.9. The van der Waals surface area contributed by atoms with E-state index in [1.54, 1.807) is 12.3 Å². The summed E-state index contributed by atoms with van der Waals surface area (Å²) in [5.41, 5.74) is -0.252. The average molecular weight is 236 g/mol. The first-order valence-electron chi connectivity index (χ1n) is 6.28. The Kier molecular flexibility index (Phi) is 3.78. The molecule has 1 amide bonds. The van der Waals surface area contributed by atoms with Gasteiger partial charge in [0.05, 0.1) is 11.6 Å². The highest BCUT2D eigenvalue weighted by Gasteiger charge is 2.38. The van der Waals surface area contributed by atoms with Gasteiger partial charge in [-0.3, -0.25) is 9.89 Å². The van der Waals surface area contributed by atoms with Gasteiger partial charge in [0.2, 0.25) is 5.91 Å². The van der Waals surface area contributed by atoms with Crippen LogP contribution in [-0.2, 0) is 4.79 Å². The summed E-state index contributed by atoms with van der Waals surface area (Å²) in [7, 11) is 0. The summed E-state index contributed by atoms with van der Waals surface area (Å²) >= 11 is 0. The molecule has 94 valence electrons. The topological polar surface area (TPSA) is 69.8 Å². The van der Waals surface area contributed by atoms with Gasteiger partial charge < -0.3 is 10.6 Å². The summed E-state index contributed by atoms with van der Waals surface area (Å²) in [6, 6.07) is 1.77. The zero-order chi connectivity index (χ0) is 12.1.